The van der Waals surface area contributed by atoms with Gasteiger partial charge in [-0.2, -0.15) is 0 Å². The van der Waals surface area contributed by atoms with Crippen LogP contribution in [0.4, 0.5) is 5.69 Å². The molecular weight excluding hydrogens is 324 g/mol. The number of carbonyl (C=O) groups is 1. The van der Waals surface area contributed by atoms with Crippen LogP contribution in [0.1, 0.15) is 22.3 Å². The fourth-order valence-corrected chi connectivity index (χ4v) is 3.29. The minimum absolute atomic E-state index is 0.447. The molecule has 0 bridgehead atoms. The molecule has 0 aliphatic carbocycles. The molecule has 3 N–H and O–H groups in total. The monoisotopic (exact) mass is 344 g/mol. The van der Waals surface area contributed by atoms with Gasteiger partial charge in [0, 0.05) is 17.8 Å². The summed E-state index contributed by atoms with van der Waals surface area (Å²) in [5, 5.41) is 3.43. The van der Waals surface area contributed by atoms with E-state index in [1.54, 1.807) is 12.1 Å². The Kier molecular flexibility index (Phi) is 4.32. The SMILES string of the molecule is NC(=O)c1ccc(Oc2ccccc2)cc1-c1ccc2c(c1)NCCC2. The molecule has 3 aromatic rings. The number of hydrogen-bond donors (Lipinski definition) is 2. The molecule has 0 radical (unpaired) electrons. The fourth-order valence-electron chi connectivity index (χ4n) is 3.29. The molecule has 0 atom stereocenters. The Morgan fingerprint density at radius 3 is 2.62 bits per heavy atom. The van der Waals surface area contributed by atoms with Gasteiger partial charge in [-0.15, -0.1) is 0 Å². The highest BCUT2D eigenvalue weighted by atomic mass is 16.5. The summed E-state index contributed by atoms with van der Waals surface area (Å²) < 4.78 is 5.92. The van der Waals surface area contributed by atoms with Gasteiger partial charge in [-0.05, 0) is 65.9 Å². The number of nitrogens with two attached hydrogens (primary N) is 1. The largest absolute Gasteiger partial charge is 0.457 e. The predicted octanol–water partition coefficient (Wildman–Crippen LogP) is 4.60. The van der Waals surface area contributed by atoms with Gasteiger partial charge in [0.25, 0.3) is 0 Å². The molecule has 3 aromatic carbocycles. The molecular formula is C22H20N2O2. The number of primary amides is 1. The van der Waals surface area contributed by atoms with Gasteiger partial charge >= 0.3 is 0 Å². The molecule has 0 spiro atoms. The lowest BCUT2D eigenvalue weighted by Crippen LogP contribution is -2.13. The summed E-state index contributed by atoms with van der Waals surface area (Å²) in [6.07, 6.45) is 2.21. The molecule has 1 amide bonds. The first-order valence-electron chi connectivity index (χ1n) is 8.74. The molecule has 4 nitrogen and oxygen atoms in total. The average Bonchev–Trinajstić information content (AvgIpc) is 2.68. The standard InChI is InChI=1S/C22H20N2O2/c23-22(25)19-11-10-18(26-17-6-2-1-3-7-17)14-20(19)16-9-8-15-5-4-12-24-21(15)13-16/h1-3,6-11,13-14,24H,4-5,12H2,(H2,23,25). The minimum Gasteiger partial charge on any atom is -0.457 e. The van der Waals surface area contributed by atoms with Gasteiger partial charge in [0.05, 0.1) is 0 Å². The van der Waals surface area contributed by atoms with Crippen molar-refractivity contribution in [2.45, 2.75) is 12.8 Å². The second-order valence-electron chi connectivity index (χ2n) is 6.39. The zero-order valence-corrected chi connectivity index (χ0v) is 14.4. The van der Waals surface area contributed by atoms with E-state index < -0.39 is 5.91 Å². The molecule has 1 heterocycles. The van der Waals surface area contributed by atoms with Gasteiger partial charge in [-0.1, -0.05) is 30.3 Å². The lowest BCUT2D eigenvalue weighted by atomic mass is 9.94. The Hall–Kier alpha value is -3.27. The molecule has 130 valence electrons. The summed E-state index contributed by atoms with van der Waals surface area (Å²) >= 11 is 0. The van der Waals surface area contributed by atoms with Crippen LogP contribution in [-0.2, 0) is 6.42 Å². The van der Waals surface area contributed by atoms with E-state index in [0.717, 1.165) is 42.0 Å². The van der Waals surface area contributed by atoms with Crippen LogP contribution in [0, 0.1) is 0 Å². The number of carbonyl (C=O) groups excluding carboxylic acids is 1. The summed E-state index contributed by atoms with van der Waals surface area (Å²) in [4.78, 5) is 11.9. The first-order chi connectivity index (χ1) is 12.7. The van der Waals surface area contributed by atoms with E-state index in [1.807, 2.05) is 42.5 Å². The third kappa shape index (κ3) is 3.26. The van der Waals surface area contributed by atoms with Gasteiger partial charge in [-0.3, -0.25) is 4.79 Å². The minimum atomic E-state index is -0.447. The maximum absolute atomic E-state index is 11.9. The average molecular weight is 344 g/mol. The molecule has 0 saturated carbocycles. The van der Waals surface area contributed by atoms with Crippen LogP contribution < -0.4 is 15.8 Å². The number of amides is 1. The third-order valence-corrected chi connectivity index (χ3v) is 4.59. The van der Waals surface area contributed by atoms with Crippen LogP contribution in [0.25, 0.3) is 11.1 Å². The van der Waals surface area contributed by atoms with E-state index >= 15 is 0 Å². The molecule has 1 aliphatic heterocycles. The van der Waals surface area contributed by atoms with E-state index in [2.05, 4.69) is 17.4 Å². The van der Waals surface area contributed by atoms with Crippen molar-refractivity contribution in [3.8, 4) is 22.6 Å². The van der Waals surface area contributed by atoms with Crippen molar-refractivity contribution in [2.24, 2.45) is 5.73 Å². The molecule has 1 aliphatic rings. The van der Waals surface area contributed by atoms with Gasteiger partial charge in [0.2, 0.25) is 5.91 Å². The van der Waals surface area contributed by atoms with E-state index in [9.17, 15) is 4.79 Å². The number of benzene rings is 3. The topological polar surface area (TPSA) is 64.4 Å². The highest BCUT2D eigenvalue weighted by molar-refractivity contribution is 6.00. The van der Waals surface area contributed by atoms with Crippen LogP contribution in [-0.4, -0.2) is 12.5 Å². The Balaban J connectivity index is 1.75. The summed E-state index contributed by atoms with van der Waals surface area (Å²) in [6, 6.07) is 21.2. The van der Waals surface area contributed by atoms with E-state index in [1.165, 1.54) is 5.56 Å². The quantitative estimate of drug-likeness (QED) is 0.727. The first kappa shape index (κ1) is 16.2. The Bertz CT molecular complexity index is 952. The zero-order valence-electron chi connectivity index (χ0n) is 14.4. The molecule has 0 fully saturated rings. The van der Waals surface area contributed by atoms with Gasteiger partial charge in [0.1, 0.15) is 11.5 Å². The second-order valence-corrected chi connectivity index (χ2v) is 6.39. The molecule has 4 heteroatoms. The van der Waals surface area contributed by atoms with E-state index in [0.29, 0.717) is 11.3 Å². The molecule has 4 rings (SSSR count). The van der Waals surface area contributed by atoms with Gasteiger partial charge in [-0.25, -0.2) is 0 Å². The third-order valence-electron chi connectivity index (χ3n) is 4.59. The maximum Gasteiger partial charge on any atom is 0.249 e. The predicted molar refractivity (Wildman–Crippen MR) is 104 cm³/mol. The smallest absolute Gasteiger partial charge is 0.249 e. The van der Waals surface area contributed by atoms with Crippen LogP contribution in [0.5, 0.6) is 11.5 Å². The highest BCUT2D eigenvalue weighted by Crippen LogP contribution is 2.34. The van der Waals surface area contributed by atoms with Crippen LogP contribution >= 0.6 is 0 Å². The fraction of sp³-hybridized carbons (Fsp3) is 0.136. The van der Waals surface area contributed by atoms with Crippen molar-refractivity contribution >= 4 is 11.6 Å². The number of para-hydroxylation sites is 1. The lowest BCUT2D eigenvalue weighted by molar-refractivity contribution is 0.100. The molecule has 26 heavy (non-hydrogen) atoms. The number of anilines is 1. The maximum atomic E-state index is 11.9. The Morgan fingerprint density at radius 1 is 0.962 bits per heavy atom. The normalized spacial score (nSPS) is 12.8. The van der Waals surface area contributed by atoms with Crippen molar-refractivity contribution in [1.29, 1.82) is 0 Å². The van der Waals surface area contributed by atoms with Crippen molar-refractivity contribution < 1.29 is 9.53 Å². The lowest BCUT2D eigenvalue weighted by Gasteiger charge is -2.19. The van der Waals surface area contributed by atoms with Gasteiger partial charge < -0.3 is 15.8 Å². The Morgan fingerprint density at radius 2 is 1.81 bits per heavy atom. The molecule has 0 aromatic heterocycles. The summed E-state index contributed by atoms with van der Waals surface area (Å²) in [7, 11) is 0. The number of hydrogen-bond acceptors (Lipinski definition) is 3. The first-order valence-corrected chi connectivity index (χ1v) is 8.74. The van der Waals surface area contributed by atoms with Crippen molar-refractivity contribution in [2.75, 3.05) is 11.9 Å². The molecule has 0 unspecified atom stereocenters. The van der Waals surface area contributed by atoms with Gasteiger partial charge in [0.15, 0.2) is 0 Å². The summed E-state index contributed by atoms with van der Waals surface area (Å²) in [5.41, 5.74) is 10.2. The zero-order chi connectivity index (χ0) is 17.9. The van der Waals surface area contributed by atoms with Crippen LogP contribution in [0.15, 0.2) is 66.7 Å². The summed E-state index contributed by atoms with van der Waals surface area (Å²) in [6.45, 7) is 0.969. The number of nitrogens with one attached hydrogen (secondary N) is 1. The summed E-state index contributed by atoms with van der Waals surface area (Å²) in [5.74, 6) is 0.969. The van der Waals surface area contributed by atoms with Crippen molar-refractivity contribution in [3.05, 3.63) is 77.9 Å². The number of fused-ring (bicyclic) bond motifs is 1. The van der Waals surface area contributed by atoms with Crippen LogP contribution in [0.2, 0.25) is 0 Å². The molecule has 0 saturated heterocycles. The van der Waals surface area contributed by atoms with Crippen molar-refractivity contribution in [1.82, 2.24) is 0 Å². The second kappa shape index (κ2) is 6.92. The number of aryl methyl sites for hydroxylation is 1. The highest BCUT2D eigenvalue weighted by Gasteiger charge is 2.15. The Labute approximate surface area is 152 Å². The van der Waals surface area contributed by atoms with Crippen LogP contribution in [0.3, 0.4) is 0 Å². The number of rotatable bonds is 4. The van der Waals surface area contributed by atoms with Crippen molar-refractivity contribution in [3.63, 3.8) is 0 Å². The number of ether oxygens (including phenoxy) is 1. The van der Waals surface area contributed by atoms with E-state index in [4.69, 9.17) is 10.5 Å². The van der Waals surface area contributed by atoms with E-state index in [-0.39, 0.29) is 0 Å².